The molecule has 1 fully saturated rings. The molecule has 1 aliphatic rings. The van der Waals surface area contributed by atoms with Crippen molar-refractivity contribution in [2.45, 2.75) is 18.8 Å². The summed E-state index contributed by atoms with van der Waals surface area (Å²) in [5.41, 5.74) is 0.640. The van der Waals surface area contributed by atoms with Gasteiger partial charge in [0.25, 0.3) is 5.89 Å². The number of likely N-dealkylation sites (tertiary alicyclic amines) is 1. The van der Waals surface area contributed by atoms with Gasteiger partial charge in [-0.25, -0.2) is 9.18 Å². The number of benzene rings is 1. The van der Waals surface area contributed by atoms with E-state index in [1.165, 1.54) is 17.0 Å². The molecule has 0 unspecified atom stereocenters. The lowest BCUT2D eigenvalue weighted by atomic mass is 9.98. The molecule has 6 nitrogen and oxygen atoms in total. The Labute approximate surface area is 120 Å². The maximum atomic E-state index is 12.9. The molecule has 1 N–H and O–H groups in total. The highest BCUT2D eigenvalue weighted by molar-refractivity contribution is 5.65. The van der Waals surface area contributed by atoms with Gasteiger partial charge in [-0.3, -0.25) is 0 Å². The highest BCUT2D eigenvalue weighted by atomic mass is 19.1. The Balaban J connectivity index is 1.78. The van der Waals surface area contributed by atoms with Crippen LogP contribution in [0.3, 0.4) is 0 Å². The van der Waals surface area contributed by atoms with E-state index in [1.807, 2.05) is 0 Å². The monoisotopic (exact) mass is 291 g/mol. The molecule has 2 aromatic rings. The van der Waals surface area contributed by atoms with Crippen LogP contribution in [0.15, 0.2) is 28.8 Å². The van der Waals surface area contributed by atoms with Gasteiger partial charge in [0.2, 0.25) is 0 Å². The first kappa shape index (κ1) is 13.5. The number of halogens is 1. The summed E-state index contributed by atoms with van der Waals surface area (Å²) >= 11 is 0. The summed E-state index contributed by atoms with van der Waals surface area (Å²) in [5.74, 6) is 0.424. The molecule has 1 atom stereocenters. The van der Waals surface area contributed by atoms with Gasteiger partial charge in [0, 0.05) is 24.6 Å². The maximum Gasteiger partial charge on any atom is 0.407 e. The van der Waals surface area contributed by atoms with Crippen LogP contribution in [-0.2, 0) is 0 Å². The van der Waals surface area contributed by atoms with Crippen molar-refractivity contribution in [2.24, 2.45) is 0 Å². The summed E-state index contributed by atoms with van der Waals surface area (Å²) in [6.45, 7) is 0.909. The van der Waals surface area contributed by atoms with Gasteiger partial charge in [-0.05, 0) is 37.1 Å². The SMILES string of the molecule is O=C(O)N1CCC[C@@H](c2noc(-c3ccc(F)cc3)n2)C1. The summed E-state index contributed by atoms with van der Waals surface area (Å²) in [7, 11) is 0. The van der Waals surface area contributed by atoms with Crippen molar-refractivity contribution >= 4 is 6.09 Å². The van der Waals surface area contributed by atoms with Crippen LogP contribution in [0.1, 0.15) is 24.6 Å². The second-order valence-electron chi connectivity index (χ2n) is 5.03. The van der Waals surface area contributed by atoms with Gasteiger partial charge in [0.05, 0.1) is 0 Å². The van der Waals surface area contributed by atoms with E-state index in [-0.39, 0.29) is 11.7 Å². The molecule has 3 rings (SSSR count). The first-order chi connectivity index (χ1) is 10.1. The molecule has 0 bridgehead atoms. The minimum absolute atomic E-state index is 0.0622. The molecule has 0 radical (unpaired) electrons. The van der Waals surface area contributed by atoms with Gasteiger partial charge < -0.3 is 14.5 Å². The Morgan fingerprint density at radius 1 is 1.38 bits per heavy atom. The van der Waals surface area contributed by atoms with Crippen LogP contribution in [0.25, 0.3) is 11.5 Å². The lowest BCUT2D eigenvalue weighted by molar-refractivity contribution is 0.129. The van der Waals surface area contributed by atoms with E-state index in [0.717, 1.165) is 12.8 Å². The Morgan fingerprint density at radius 2 is 2.14 bits per heavy atom. The number of hydrogen-bond acceptors (Lipinski definition) is 4. The van der Waals surface area contributed by atoms with Crippen LogP contribution >= 0.6 is 0 Å². The van der Waals surface area contributed by atoms with Gasteiger partial charge in [0.15, 0.2) is 5.82 Å². The normalized spacial score (nSPS) is 18.7. The highest BCUT2D eigenvalue weighted by Crippen LogP contribution is 2.27. The van der Waals surface area contributed by atoms with E-state index >= 15 is 0 Å². The van der Waals surface area contributed by atoms with Crippen LogP contribution in [-0.4, -0.2) is 39.3 Å². The number of aromatic nitrogens is 2. The number of amides is 1. The first-order valence-electron chi connectivity index (χ1n) is 6.71. The van der Waals surface area contributed by atoms with Crippen molar-refractivity contribution in [3.63, 3.8) is 0 Å². The molecule has 1 saturated heterocycles. The number of nitrogens with zero attached hydrogens (tertiary/aromatic N) is 3. The number of hydrogen-bond donors (Lipinski definition) is 1. The summed E-state index contributed by atoms with van der Waals surface area (Å²) < 4.78 is 18.1. The number of piperidine rings is 1. The van der Waals surface area contributed by atoms with Crippen LogP contribution < -0.4 is 0 Å². The molecule has 0 saturated carbocycles. The minimum atomic E-state index is -0.929. The quantitative estimate of drug-likeness (QED) is 0.920. The van der Waals surface area contributed by atoms with Crippen LogP contribution in [0.5, 0.6) is 0 Å². The Bertz CT molecular complexity index is 641. The first-order valence-corrected chi connectivity index (χ1v) is 6.71. The summed E-state index contributed by atoms with van der Waals surface area (Å²) in [6.07, 6.45) is 0.672. The third-order valence-electron chi connectivity index (χ3n) is 3.59. The molecular weight excluding hydrogens is 277 g/mol. The Kier molecular flexibility index (Phi) is 3.55. The largest absolute Gasteiger partial charge is 0.465 e. The predicted molar refractivity (Wildman–Crippen MR) is 71.3 cm³/mol. The zero-order valence-corrected chi connectivity index (χ0v) is 11.2. The second-order valence-corrected chi connectivity index (χ2v) is 5.03. The fraction of sp³-hybridized carbons (Fsp3) is 0.357. The molecule has 2 heterocycles. The molecule has 1 amide bonds. The van der Waals surface area contributed by atoms with Crippen molar-refractivity contribution in [2.75, 3.05) is 13.1 Å². The Morgan fingerprint density at radius 3 is 2.86 bits per heavy atom. The van der Waals surface area contributed by atoms with Gasteiger partial charge in [0.1, 0.15) is 5.82 Å². The average Bonchev–Trinajstić information content (AvgIpc) is 2.98. The van der Waals surface area contributed by atoms with Crippen LogP contribution in [0, 0.1) is 5.82 Å². The Hall–Kier alpha value is -2.44. The number of carbonyl (C=O) groups is 1. The maximum absolute atomic E-state index is 12.9. The highest BCUT2D eigenvalue weighted by Gasteiger charge is 2.27. The van der Waals surface area contributed by atoms with E-state index in [2.05, 4.69) is 10.1 Å². The fourth-order valence-electron chi connectivity index (χ4n) is 2.47. The molecule has 110 valence electrons. The summed E-state index contributed by atoms with van der Waals surface area (Å²) in [4.78, 5) is 16.7. The van der Waals surface area contributed by atoms with Crippen LogP contribution in [0.4, 0.5) is 9.18 Å². The molecule has 1 aliphatic heterocycles. The lowest BCUT2D eigenvalue weighted by Crippen LogP contribution is -2.38. The summed E-state index contributed by atoms with van der Waals surface area (Å²) in [6, 6.07) is 5.78. The summed E-state index contributed by atoms with van der Waals surface area (Å²) in [5, 5.41) is 13.0. The standard InChI is InChI=1S/C14H14FN3O3/c15-11-5-3-9(4-6-11)13-16-12(17-21-13)10-2-1-7-18(8-10)14(19)20/h3-6,10H,1-2,7-8H2,(H,19,20)/t10-/m1/s1. The third kappa shape index (κ3) is 2.86. The topological polar surface area (TPSA) is 79.5 Å². The second kappa shape index (κ2) is 5.51. The fourth-order valence-corrected chi connectivity index (χ4v) is 2.47. The van der Waals surface area contributed by atoms with Crippen molar-refractivity contribution in [3.05, 3.63) is 35.9 Å². The lowest BCUT2D eigenvalue weighted by Gasteiger charge is -2.28. The van der Waals surface area contributed by atoms with Crippen molar-refractivity contribution in [1.29, 1.82) is 0 Å². The number of rotatable bonds is 2. The smallest absolute Gasteiger partial charge is 0.407 e. The van der Waals surface area contributed by atoms with Crippen LogP contribution in [0.2, 0.25) is 0 Å². The van der Waals surface area contributed by atoms with Crippen molar-refractivity contribution in [1.82, 2.24) is 15.0 Å². The van der Waals surface area contributed by atoms with E-state index in [4.69, 9.17) is 9.63 Å². The van der Waals surface area contributed by atoms with E-state index in [9.17, 15) is 9.18 Å². The molecule has 21 heavy (non-hydrogen) atoms. The molecule has 0 aliphatic carbocycles. The van der Waals surface area contributed by atoms with E-state index < -0.39 is 6.09 Å². The van der Waals surface area contributed by atoms with E-state index in [0.29, 0.717) is 30.4 Å². The molecule has 0 spiro atoms. The van der Waals surface area contributed by atoms with Gasteiger partial charge in [-0.1, -0.05) is 5.16 Å². The molecule has 7 heteroatoms. The zero-order chi connectivity index (χ0) is 14.8. The van der Waals surface area contributed by atoms with Gasteiger partial charge >= 0.3 is 6.09 Å². The molecule has 1 aromatic heterocycles. The number of carboxylic acid groups (broad SMARTS) is 1. The van der Waals surface area contributed by atoms with E-state index in [1.54, 1.807) is 12.1 Å². The zero-order valence-electron chi connectivity index (χ0n) is 11.2. The minimum Gasteiger partial charge on any atom is -0.465 e. The molecule has 1 aromatic carbocycles. The third-order valence-corrected chi connectivity index (χ3v) is 3.59. The van der Waals surface area contributed by atoms with Gasteiger partial charge in [-0.15, -0.1) is 0 Å². The van der Waals surface area contributed by atoms with Crippen molar-refractivity contribution < 1.29 is 18.8 Å². The average molecular weight is 291 g/mol. The molecular formula is C14H14FN3O3. The van der Waals surface area contributed by atoms with Gasteiger partial charge in [-0.2, -0.15) is 4.98 Å². The predicted octanol–water partition coefficient (Wildman–Crippen LogP) is 2.73. The van der Waals surface area contributed by atoms with Crippen molar-refractivity contribution in [3.8, 4) is 11.5 Å².